The van der Waals surface area contributed by atoms with Crippen molar-refractivity contribution in [3.8, 4) is 5.75 Å². The zero-order valence-electron chi connectivity index (χ0n) is 14.9. The molecule has 1 aliphatic rings. The van der Waals surface area contributed by atoms with Gasteiger partial charge < -0.3 is 19.7 Å². The van der Waals surface area contributed by atoms with Crippen LogP contribution in [0.25, 0.3) is 0 Å². The zero-order valence-corrected chi connectivity index (χ0v) is 14.9. The second kappa shape index (κ2) is 7.83. The Bertz CT molecular complexity index is 577. The van der Waals surface area contributed by atoms with E-state index in [0.717, 1.165) is 12.8 Å². The highest BCUT2D eigenvalue weighted by molar-refractivity contribution is 5.89. The van der Waals surface area contributed by atoms with Gasteiger partial charge in [0.05, 0.1) is 17.9 Å². The maximum atomic E-state index is 14.1. The third kappa shape index (κ3) is 4.60. The molecule has 1 aliphatic heterocycles. The van der Waals surface area contributed by atoms with Crippen LogP contribution in [-0.4, -0.2) is 42.3 Å². The number of nitrogens with one attached hydrogen (secondary N) is 1. The minimum absolute atomic E-state index is 0.0875. The van der Waals surface area contributed by atoms with E-state index in [1.165, 1.54) is 12.1 Å². The van der Waals surface area contributed by atoms with Crippen molar-refractivity contribution < 1.29 is 18.7 Å². The van der Waals surface area contributed by atoms with Gasteiger partial charge in [0.1, 0.15) is 11.6 Å². The third-order valence-electron chi connectivity index (χ3n) is 4.21. The minimum Gasteiger partial charge on any atom is -0.494 e. The molecule has 2 rings (SSSR count). The van der Waals surface area contributed by atoms with Crippen LogP contribution in [0.2, 0.25) is 0 Å². The number of carbonyl (C=O) groups is 1. The van der Waals surface area contributed by atoms with Crippen LogP contribution >= 0.6 is 0 Å². The topological polar surface area (TPSA) is 50.8 Å². The molecule has 1 N–H and O–H groups in total. The molecule has 0 spiro atoms. The number of urea groups is 1. The van der Waals surface area contributed by atoms with Crippen molar-refractivity contribution in [2.24, 2.45) is 0 Å². The molecular weight excluding hydrogens is 311 g/mol. The van der Waals surface area contributed by atoms with Crippen LogP contribution < -0.4 is 10.1 Å². The maximum Gasteiger partial charge on any atom is 0.322 e. The molecule has 24 heavy (non-hydrogen) atoms. The predicted octanol–water partition coefficient (Wildman–Crippen LogP) is 4.04. The smallest absolute Gasteiger partial charge is 0.322 e. The summed E-state index contributed by atoms with van der Waals surface area (Å²) in [5, 5.41) is 2.67. The molecule has 0 aromatic heterocycles. The van der Waals surface area contributed by atoms with E-state index in [9.17, 15) is 9.18 Å². The molecule has 2 amide bonds. The highest BCUT2D eigenvalue weighted by atomic mass is 19.1. The molecule has 1 fully saturated rings. The first kappa shape index (κ1) is 18.5. The lowest BCUT2D eigenvalue weighted by Gasteiger charge is -2.40. The van der Waals surface area contributed by atoms with Crippen LogP contribution in [0, 0.1) is 5.82 Å². The molecule has 0 aliphatic carbocycles. The van der Waals surface area contributed by atoms with Crippen molar-refractivity contribution in [3.05, 3.63) is 24.0 Å². The molecule has 6 heteroatoms. The van der Waals surface area contributed by atoms with E-state index >= 15 is 0 Å². The van der Waals surface area contributed by atoms with E-state index in [1.54, 1.807) is 11.0 Å². The lowest BCUT2D eigenvalue weighted by atomic mass is 9.93. The molecule has 1 saturated heterocycles. The molecule has 1 atom stereocenters. The first-order chi connectivity index (χ1) is 11.4. The lowest BCUT2D eigenvalue weighted by Crippen LogP contribution is -2.49. The molecule has 1 aromatic carbocycles. The van der Waals surface area contributed by atoms with E-state index in [1.807, 2.05) is 27.7 Å². The van der Waals surface area contributed by atoms with Gasteiger partial charge in [0.15, 0.2) is 0 Å². The van der Waals surface area contributed by atoms with E-state index in [2.05, 4.69) is 5.32 Å². The summed E-state index contributed by atoms with van der Waals surface area (Å²) in [7, 11) is 0. The number of carbonyl (C=O) groups excluding carboxylic acids is 1. The van der Waals surface area contributed by atoms with Gasteiger partial charge in [-0.25, -0.2) is 9.18 Å². The van der Waals surface area contributed by atoms with E-state index in [0.29, 0.717) is 25.5 Å². The normalized spacial score (nSPS) is 19.6. The van der Waals surface area contributed by atoms with Crippen LogP contribution in [0.15, 0.2) is 18.2 Å². The number of halogens is 1. The molecule has 0 saturated carbocycles. The fourth-order valence-electron chi connectivity index (χ4n) is 3.07. The van der Waals surface area contributed by atoms with Gasteiger partial charge >= 0.3 is 6.03 Å². The Morgan fingerprint density at radius 3 is 2.79 bits per heavy atom. The van der Waals surface area contributed by atoms with Crippen molar-refractivity contribution in [2.75, 3.05) is 25.1 Å². The van der Waals surface area contributed by atoms with E-state index in [-0.39, 0.29) is 23.4 Å². The summed E-state index contributed by atoms with van der Waals surface area (Å²) in [6.45, 7) is 9.46. The minimum atomic E-state index is -0.502. The number of rotatable bonds is 5. The fraction of sp³-hybridized carbons (Fsp3) is 0.611. The van der Waals surface area contributed by atoms with Gasteiger partial charge in [-0.2, -0.15) is 0 Å². The molecule has 5 nitrogen and oxygen atoms in total. The van der Waals surface area contributed by atoms with Crippen LogP contribution in [0.5, 0.6) is 5.75 Å². The summed E-state index contributed by atoms with van der Waals surface area (Å²) < 4.78 is 25.1. The summed E-state index contributed by atoms with van der Waals surface area (Å²) in [4.78, 5) is 14.3. The standard InChI is InChI=1S/C18H27FN2O3/c1-5-21(13-9-10-24-18(3,4)12-13)17(22)20-16-8-7-14(23-6-2)11-15(16)19/h7-8,11,13H,5-6,9-10,12H2,1-4H3,(H,20,22)/t13-/m0/s1. The van der Waals surface area contributed by atoms with Crippen molar-refractivity contribution >= 4 is 11.7 Å². The van der Waals surface area contributed by atoms with Gasteiger partial charge in [0, 0.05) is 25.3 Å². The summed E-state index contributed by atoms with van der Waals surface area (Å²) in [5.74, 6) is -0.0517. The number of benzene rings is 1. The molecule has 134 valence electrons. The zero-order chi connectivity index (χ0) is 17.7. The van der Waals surface area contributed by atoms with Crippen molar-refractivity contribution in [1.82, 2.24) is 4.90 Å². The van der Waals surface area contributed by atoms with Gasteiger partial charge in [-0.3, -0.25) is 0 Å². The second-order valence-electron chi connectivity index (χ2n) is 6.55. The Kier molecular flexibility index (Phi) is 6.04. The van der Waals surface area contributed by atoms with Crippen molar-refractivity contribution in [1.29, 1.82) is 0 Å². The predicted molar refractivity (Wildman–Crippen MR) is 92.0 cm³/mol. The van der Waals surface area contributed by atoms with Crippen LogP contribution in [0.1, 0.15) is 40.5 Å². The van der Waals surface area contributed by atoms with Gasteiger partial charge in [0.2, 0.25) is 0 Å². The van der Waals surface area contributed by atoms with Gasteiger partial charge in [-0.05, 0) is 52.7 Å². The van der Waals surface area contributed by atoms with E-state index < -0.39 is 5.82 Å². The Morgan fingerprint density at radius 1 is 1.46 bits per heavy atom. The summed E-state index contributed by atoms with van der Waals surface area (Å²) in [6, 6.07) is 4.26. The Balaban J connectivity index is 2.06. The van der Waals surface area contributed by atoms with Crippen LogP contribution in [0.4, 0.5) is 14.9 Å². The second-order valence-corrected chi connectivity index (χ2v) is 6.55. The third-order valence-corrected chi connectivity index (χ3v) is 4.21. The number of ether oxygens (including phenoxy) is 2. The number of nitrogens with zero attached hydrogens (tertiary/aromatic N) is 1. The average Bonchev–Trinajstić information content (AvgIpc) is 2.50. The van der Waals surface area contributed by atoms with Gasteiger partial charge in [-0.15, -0.1) is 0 Å². The number of amides is 2. The fourth-order valence-corrected chi connectivity index (χ4v) is 3.07. The number of anilines is 1. The van der Waals surface area contributed by atoms with Crippen LogP contribution in [-0.2, 0) is 4.74 Å². The summed E-state index contributed by atoms with van der Waals surface area (Å²) >= 11 is 0. The monoisotopic (exact) mass is 338 g/mol. The average molecular weight is 338 g/mol. The molecular formula is C18H27FN2O3. The quantitative estimate of drug-likeness (QED) is 0.882. The first-order valence-electron chi connectivity index (χ1n) is 8.50. The number of hydrogen-bond acceptors (Lipinski definition) is 3. The SMILES string of the molecule is CCOc1ccc(NC(=O)N(CC)[C@H]2CCOC(C)(C)C2)c(F)c1. The van der Waals surface area contributed by atoms with E-state index in [4.69, 9.17) is 9.47 Å². The number of hydrogen-bond donors (Lipinski definition) is 1. The summed E-state index contributed by atoms with van der Waals surface area (Å²) in [5.41, 5.74) is -0.0886. The lowest BCUT2D eigenvalue weighted by molar-refractivity contribution is -0.0758. The molecule has 0 unspecified atom stereocenters. The van der Waals surface area contributed by atoms with Gasteiger partial charge in [0.25, 0.3) is 0 Å². The Labute approximate surface area is 143 Å². The first-order valence-corrected chi connectivity index (χ1v) is 8.50. The molecule has 1 heterocycles. The highest BCUT2D eigenvalue weighted by Gasteiger charge is 2.33. The molecule has 1 aromatic rings. The molecule has 0 bridgehead atoms. The van der Waals surface area contributed by atoms with Crippen molar-refractivity contribution in [2.45, 2.75) is 52.2 Å². The highest BCUT2D eigenvalue weighted by Crippen LogP contribution is 2.28. The Morgan fingerprint density at radius 2 is 2.21 bits per heavy atom. The maximum absolute atomic E-state index is 14.1. The molecule has 0 radical (unpaired) electrons. The van der Waals surface area contributed by atoms with Crippen molar-refractivity contribution in [3.63, 3.8) is 0 Å². The van der Waals surface area contributed by atoms with Crippen LogP contribution in [0.3, 0.4) is 0 Å². The Hall–Kier alpha value is -1.82. The largest absolute Gasteiger partial charge is 0.494 e. The summed E-state index contributed by atoms with van der Waals surface area (Å²) in [6.07, 6.45) is 1.55. The van der Waals surface area contributed by atoms with Gasteiger partial charge in [-0.1, -0.05) is 0 Å².